The first-order valence-electron chi connectivity index (χ1n) is 8.09. The van der Waals surface area contributed by atoms with Crippen LogP contribution in [-0.4, -0.2) is 18.9 Å². The summed E-state index contributed by atoms with van der Waals surface area (Å²) in [4.78, 5) is 26.7. The van der Waals surface area contributed by atoms with Gasteiger partial charge in [-0.1, -0.05) is 43.3 Å². The van der Waals surface area contributed by atoms with Crippen LogP contribution >= 0.6 is 0 Å². The number of carbonyl (C=O) groups excluding carboxylic acids is 2. The first kappa shape index (κ1) is 16.2. The Morgan fingerprint density at radius 1 is 1.12 bits per heavy atom. The van der Waals surface area contributed by atoms with Crippen molar-refractivity contribution in [1.82, 2.24) is 0 Å². The zero-order chi connectivity index (χ0) is 17.3. The number of imide groups is 1. The average molecular weight is 323 g/mol. The number of hydrogen-bond acceptors (Lipinski definition) is 3. The van der Waals surface area contributed by atoms with E-state index in [9.17, 15) is 9.59 Å². The molecule has 0 N–H and O–H groups in total. The number of hydrogen-bond donors (Lipinski definition) is 0. The molecule has 0 saturated carbocycles. The molecule has 2 aromatic carbocycles. The molecule has 1 fully saturated rings. The van der Waals surface area contributed by atoms with Crippen molar-refractivity contribution >= 4 is 17.5 Å². The molecule has 24 heavy (non-hydrogen) atoms. The van der Waals surface area contributed by atoms with Gasteiger partial charge in [0, 0.05) is 6.42 Å². The number of anilines is 1. The predicted molar refractivity (Wildman–Crippen MR) is 93.2 cm³/mol. The van der Waals surface area contributed by atoms with E-state index in [0.29, 0.717) is 11.4 Å². The van der Waals surface area contributed by atoms with Crippen LogP contribution < -0.4 is 9.64 Å². The van der Waals surface area contributed by atoms with Gasteiger partial charge in [0.1, 0.15) is 5.75 Å². The lowest BCUT2D eigenvalue weighted by molar-refractivity contribution is -0.122. The number of ether oxygens (including phenoxy) is 1. The smallest absolute Gasteiger partial charge is 0.238 e. The topological polar surface area (TPSA) is 46.6 Å². The minimum atomic E-state index is -0.342. The first-order chi connectivity index (χ1) is 11.5. The van der Waals surface area contributed by atoms with E-state index in [1.807, 2.05) is 56.3 Å². The standard InChI is InChI=1S/C20H21NO3/c1-13-9-10-17(18(11-13)24-3)21-19(22)12-16(20(21)23)14(2)15-7-5-4-6-8-15/h4-11,14,16H,12H2,1-3H3/t14-,16-/m0/s1. The minimum Gasteiger partial charge on any atom is -0.495 e. The summed E-state index contributed by atoms with van der Waals surface area (Å²) >= 11 is 0. The quantitative estimate of drug-likeness (QED) is 0.806. The van der Waals surface area contributed by atoms with Gasteiger partial charge in [-0.15, -0.1) is 0 Å². The highest BCUT2D eigenvalue weighted by Gasteiger charge is 2.43. The van der Waals surface area contributed by atoms with E-state index in [-0.39, 0.29) is 30.1 Å². The summed E-state index contributed by atoms with van der Waals surface area (Å²) in [7, 11) is 1.55. The maximum Gasteiger partial charge on any atom is 0.238 e. The molecule has 2 amide bonds. The van der Waals surface area contributed by atoms with E-state index in [4.69, 9.17) is 4.74 Å². The van der Waals surface area contributed by atoms with Gasteiger partial charge in [-0.3, -0.25) is 9.59 Å². The van der Waals surface area contributed by atoms with Gasteiger partial charge >= 0.3 is 0 Å². The zero-order valence-electron chi connectivity index (χ0n) is 14.2. The number of methoxy groups -OCH3 is 1. The van der Waals surface area contributed by atoms with Gasteiger partial charge in [-0.05, 0) is 36.1 Å². The lowest BCUT2D eigenvalue weighted by atomic mass is 9.86. The van der Waals surface area contributed by atoms with E-state index in [1.54, 1.807) is 13.2 Å². The van der Waals surface area contributed by atoms with E-state index >= 15 is 0 Å². The van der Waals surface area contributed by atoms with Gasteiger partial charge in [-0.2, -0.15) is 0 Å². The molecule has 1 saturated heterocycles. The number of benzene rings is 2. The molecule has 3 rings (SSSR count). The Morgan fingerprint density at radius 3 is 2.50 bits per heavy atom. The molecule has 0 unspecified atom stereocenters. The molecule has 0 aliphatic carbocycles. The van der Waals surface area contributed by atoms with Crippen LogP contribution in [0.2, 0.25) is 0 Å². The Labute approximate surface area is 142 Å². The highest BCUT2D eigenvalue weighted by molar-refractivity contribution is 6.21. The highest BCUT2D eigenvalue weighted by atomic mass is 16.5. The number of amides is 2. The molecule has 0 spiro atoms. The van der Waals surface area contributed by atoms with E-state index in [0.717, 1.165) is 11.1 Å². The lowest BCUT2D eigenvalue weighted by Crippen LogP contribution is -2.31. The fraction of sp³-hybridized carbons (Fsp3) is 0.300. The van der Waals surface area contributed by atoms with Crippen LogP contribution in [0.5, 0.6) is 5.75 Å². The molecule has 1 aliphatic heterocycles. The van der Waals surface area contributed by atoms with E-state index in [1.165, 1.54) is 4.90 Å². The van der Waals surface area contributed by atoms with Gasteiger partial charge in [0.25, 0.3) is 0 Å². The van der Waals surface area contributed by atoms with Crippen LogP contribution in [0.25, 0.3) is 0 Å². The summed E-state index contributed by atoms with van der Waals surface area (Å²) < 4.78 is 5.37. The normalized spacial score (nSPS) is 18.8. The molecular formula is C20H21NO3. The van der Waals surface area contributed by atoms with Crippen LogP contribution in [0.1, 0.15) is 30.4 Å². The zero-order valence-corrected chi connectivity index (χ0v) is 14.2. The highest BCUT2D eigenvalue weighted by Crippen LogP contribution is 2.39. The van der Waals surface area contributed by atoms with Crippen molar-refractivity contribution in [3.8, 4) is 5.75 Å². The SMILES string of the molecule is COc1cc(C)ccc1N1C(=O)C[C@@H]([C@@H](C)c2ccccc2)C1=O. The summed E-state index contributed by atoms with van der Waals surface area (Å²) in [5.41, 5.74) is 2.62. The maximum atomic E-state index is 12.9. The molecule has 2 aromatic rings. The summed E-state index contributed by atoms with van der Waals surface area (Å²) in [6.45, 7) is 3.95. The summed E-state index contributed by atoms with van der Waals surface area (Å²) in [5, 5.41) is 0. The molecule has 2 atom stereocenters. The molecular weight excluding hydrogens is 302 g/mol. The van der Waals surface area contributed by atoms with E-state index in [2.05, 4.69) is 0 Å². The van der Waals surface area contributed by atoms with Crippen LogP contribution in [0.3, 0.4) is 0 Å². The minimum absolute atomic E-state index is 0.0101. The third kappa shape index (κ3) is 2.80. The molecule has 1 aliphatic rings. The molecule has 0 aromatic heterocycles. The van der Waals surface area contributed by atoms with Gasteiger partial charge in [0.05, 0.1) is 18.7 Å². The van der Waals surface area contributed by atoms with Crippen LogP contribution in [0, 0.1) is 12.8 Å². The van der Waals surface area contributed by atoms with E-state index < -0.39 is 0 Å². The third-order valence-corrected chi connectivity index (χ3v) is 4.69. The number of carbonyl (C=O) groups is 2. The van der Waals surface area contributed by atoms with Crippen LogP contribution in [0.15, 0.2) is 48.5 Å². The molecule has 0 bridgehead atoms. The van der Waals surface area contributed by atoms with Gasteiger partial charge < -0.3 is 4.74 Å². The average Bonchev–Trinajstić information content (AvgIpc) is 2.89. The Balaban J connectivity index is 1.93. The summed E-state index contributed by atoms with van der Waals surface area (Å²) in [5.74, 6) is -0.131. The van der Waals surface area contributed by atoms with Crippen molar-refractivity contribution in [2.45, 2.75) is 26.2 Å². The Kier molecular flexibility index (Phi) is 4.38. The van der Waals surface area contributed by atoms with Crippen molar-refractivity contribution in [2.75, 3.05) is 12.0 Å². The number of rotatable bonds is 4. The van der Waals surface area contributed by atoms with Gasteiger partial charge in [-0.25, -0.2) is 4.90 Å². The van der Waals surface area contributed by atoms with Gasteiger partial charge in [0.2, 0.25) is 11.8 Å². The Bertz CT molecular complexity index is 770. The molecule has 4 nitrogen and oxygen atoms in total. The van der Waals surface area contributed by atoms with Gasteiger partial charge in [0.15, 0.2) is 0 Å². The Hall–Kier alpha value is -2.62. The van der Waals surface area contributed by atoms with Crippen LogP contribution in [0.4, 0.5) is 5.69 Å². The maximum absolute atomic E-state index is 12.9. The third-order valence-electron chi connectivity index (χ3n) is 4.69. The summed E-state index contributed by atoms with van der Waals surface area (Å²) in [6, 6.07) is 15.3. The van der Waals surface area contributed by atoms with Crippen molar-refractivity contribution in [1.29, 1.82) is 0 Å². The van der Waals surface area contributed by atoms with Crippen molar-refractivity contribution in [3.63, 3.8) is 0 Å². The monoisotopic (exact) mass is 323 g/mol. The lowest BCUT2D eigenvalue weighted by Gasteiger charge is -2.21. The van der Waals surface area contributed by atoms with Crippen molar-refractivity contribution in [2.24, 2.45) is 5.92 Å². The molecule has 0 radical (unpaired) electrons. The first-order valence-corrected chi connectivity index (χ1v) is 8.09. The predicted octanol–water partition coefficient (Wildman–Crippen LogP) is 3.69. The fourth-order valence-electron chi connectivity index (χ4n) is 3.26. The Morgan fingerprint density at radius 2 is 1.83 bits per heavy atom. The largest absolute Gasteiger partial charge is 0.495 e. The second-order valence-corrected chi connectivity index (χ2v) is 6.25. The molecule has 124 valence electrons. The summed E-state index contributed by atoms with van der Waals surface area (Å²) in [6.07, 6.45) is 0.228. The molecule has 1 heterocycles. The van der Waals surface area contributed by atoms with Crippen molar-refractivity contribution in [3.05, 3.63) is 59.7 Å². The fourth-order valence-corrected chi connectivity index (χ4v) is 3.26. The second kappa shape index (κ2) is 6.48. The van der Waals surface area contributed by atoms with Crippen molar-refractivity contribution < 1.29 is 14.3 Å². The number of nitrogens with zero attached hydrogens (tertiary/aromatic N) is 1. The molecule has 4 heteroatoms. The second-order valence-electron chi connectivity index (χ2n) is 6.25. The van der Waals surface area contributed by atoms with Crippen LogP contribution in [-0.2, 0) is 9.59 Å². The number of aryl methyl sites for hydroxylation is 1.